The van der Waals surface area contributed by atoms with Gasteiger partial charge in [-0.1, -0.05) is 0 Å². The van der Waals surface area contributed by atoms with E-state index in [1.54, 1.807) is 0 Å². The Morgan fingerprint density at radius 2 is 2.20 bits per heavy atom. The molecule has 1 unspecified atom stereocenters. The molecule has 8 heteroatoms. The number of nitro groups is 1. The van der Waals surface area contributed by atoms with E-state index in [0.29, 0.717) is 22.5 Å². The fourth-order valence-electron chi connectivity index (χ4n) is 1.80. The lowest BCUT2D eigenvalue weighted by Gasteiger charge is -2.12. The Morgan fingerprint density at radius 3 is 2.70 bits per heavy atom. The smallest absolute Gasteiger partial charge is 0.270 e. The molecule has 0 bridgehead atoms. The summed E-state index contributed by atoms with van der Waals surface area (Å²) >= 11 is 3.17. The van der Waals surface area contributed by atoms with Crippen LogP contribution in [0.4, 0.5) is 5.69 Å². The number of non-ortho nitro benzene ring substituents is 1. The van der Waals surface area contributed by atoms with Gasteiger partial charge in [0.15, 0.2) is 0 Å². The molecule has 3 N–H and O–H groups in total. The molecule has 1 aliphatic carbocycles. The molecule has 20 heavy (non-hydrogen) atoms. The van der Waals surface area contributed by atoms with Gasteiger partial charge in [-0.15, -0.1) is 12.4 Å². The highest BCUT2D eigenvalue weighted by atomic mass is 79.9. The van der Waals surface area contributed by atoms with Crippen molar-refractivity contribution < 1.29 is 9.72 Å². The van der Waals surface area contributed by atoms with Gasteiger partial charge in [0, 0.05) is 29.2 Å². The molecule has 2 rings (SSSR count). The van der Waals surface area contributed by atoms with Gasteiger partial charge in [-0.2, -0.15) is 0 Å². The van der Waals surface area contributed by atoms with Crippen LogP contribution in [-0.4, -0.2) is 23.4 Å². The van der Waals surface area contributed by atoms with Gasteiger partial charge in [0.25, 0.3) is 11.6 Å². The predicted octanol–water partition coefficient (Wildman–Crippen LogP) is 2.25. The molecule has 1 saturated carbocycles. The molecule has 1 fully saturated rings. The van der Waals surface area contributed by atoms with Gasteiger partial charge < -0.3 is 11.1 Å². The van der Waals surface area contributed by atoms with Gasteiger partial charge in [0.2, 0.25) is 0 Å². The molecule has 110 valence electrons. The van der Waals surface area contributed by atoms with Crippen LogP contribution in [0, 0.1) is 16.0 Å². The topological polar surface area (TPSA) is 98.3 Å². The fraction of sp³-hybridized carbons (Fsp3) is 0.417. The lowest BCUT2D eigenvalue weighted by molar-refractivity contribution is -0.384. The second-order valence-electron chi connectivity index (χ2n) is 4.63. The third kappa shape index (κ3) is 4.16. The Labute approximate surface area is 130 Å². The zero-order valence-corrected chi connectivity index (χ0v) is 12.9. The molecular formula is C12H15BrClN3O3. The van der Waals surface area contributed by atoms with Crippen LogP contribution in [0.5, 0.6) is 0 Å². The number of amides is 1. The lowest BCUT2D eigenvalue weighted by Crippen LogP contribution is -2.38. The Hall–Kier alpha value is -1.18. The molecular weight excluding hydrogens is 350 g/mol. The molecule has 1 aromatic carbocycles. The van der Waals surface area contributed by atoms with E-state index in [2.05, 4.69) is 21.2 Å². The number of carbonyl (C=O) groups is 1. The zero-order chi connectivity index (χ0) is 14.0. The van der Waals surface area contributed by atoms with Crippen molar-refractivity contribution in [2.24, 2.45) is 11.7 Å². The molecule has 1 aromatic rings. The van der Waals surface area contributed by atoms with Crippen LogP contribution in [-0.2, 0) is 0 Å². The van der Waals surface area contributed by atoms with Crippen LogP contribution in [0.3, 0.4) is 0 Å². The van der Waals surface area contributed by atoms with Crippen molar-refractivity contribution in [3.05, 3.63) is 38.3 Å². The standard InChI is InChI=1S/C12H14BrN3O3.ClH/c13-10-5-8(16(18)19)3-4-9(10)12(17)15-6-11(14)7-1-2-7;/h3-5,7,11H,1-2,6,14H2,(H,15,17);1H. The maximum Gasteiger partial charge on any atom is 0.270 e. The van der Waals surface area contributed by atoms with E-state index in [4.69, 9.17) is 5.73 Å². The first-order valence-corrected chi connectivity index (χ1v) is 6.76. The molecule has 0 heterocycles. The van der Waals surface area contributed by atoms with Crippen LogP contribution in [0.25, 0.3) is 0 Å². The summed E-state index contributed by atoms with van der Waals surface area (Å²) in [5, 5.41) is 13.3. The second kappa shape index (κ2) is 7.01. The highest BCUT2D eigenvalue weighted by Crippen LogP contribution is 2.31. The Morgan fingerprint density at radius 1 is 1.55 bits per heavy atom. The summed E-state index contributed by atoms with van der Waals surface area (Å²) in [6, 6.07) is 4.04. The molecule has 6 nitrogen and oxygen atoms in total. The summed E-state index contributed by atoms with van der Waals surface area (Å²) < 4.78 is 0.402. The lowest BCUT2D eigenvalue weighted by atomic mass is 10.1. The van der Waals surface area contributed by atoms with Gasteiger partial charge in [-0.25, -0.2) is 0 Å². The second-order valence-corrected chi connectivity index (χ2v) is 5.49. The molecule has 0 spiro atoms. The number of rotatable bonds is 5. The maximum absolute atomic E-state index is 11.9. The van der Waals surface area contributed by atoms with Crippen molar-refractivity contribution in [3.63, 3.8) is 0 Å². The zero-order valence-electron chi connectivity index (χ0n) is 10.5. The largest absolute Gasteiger partial charge is 0.350 e. The summed E-state index contributed by atoms with van der Waals surface area (Å²) in [6.45, 7) is 0.424. The van der Waals surface area contributed by atoms with E-state index in [0.717, 1.165) is 12.8 Å². The number of halogens is 2. The van der Waals surface area contributed by atoms with Crippen LogP contribution in [0.15, 0.2) is 22.7 Å². The van der Waals surface area contributed by atoms with Crippen LogP contribution >= 0.6 is 28.3 Å². The van der Waals surface area contributed by atoms with Crippen molar-refractivity contribution in [3.8, 4) is 0 Å². The Balaban J connectivity index is 0.00000200. The molecule has 0 aliphatic heterocycles. The predicted molar refractivity (Wildman–Crippen MR) is 81.1 cm³/mol. The fourth-order valence-corrected chi connectivity index (χ4v) is 2.35. The summed E-state index contributed by atoms with van der Waals surface area (Å²) in [5.41, 5.74) is 6.20. The monoisotopic (exact) mass is 363 g/mol. The minimum Gasteiger partial charge on any atom is -0.350 e. The number of hydrogen-bond donors (Lipinski definition) is 2. The van der Waals surface area contributed by atoms with Crippen LogP contribution < -0.4 is 11.1 Å². The highest BCUT2D eigenvalue weighted by Gasteiger charge is 2.28. The third-order valence-corrected chi connectivity index (χ3v) is 3.79. The van der Waals surface area contributed by atoms with Crippen molar-refractivity contribution in [2.45, 2.75) is 18.9 Å². The van der Waals surface area contributed by atoms with Gasteiger partial charge in [-0.05, 0) is 40.8 Å². The van der Waals surface area contributed by atoms with Crippen molar-refractivity contribution in [1.82, 2.24) is 5.32 Å². The first kappa shape index (κ1) is 16.9. The quantitative estimate of drug-likeness (QED) is 0.618. The average Bonchev–Trinajstić information content (AvgIpc) is 3.19. The van der Waals surface area contributed by atoms with E-state index in [1.807, 2.05) is 0 Å². The molecule has 1 atom stereocenters. The van der Waals surface area contributed by atoms with Crippen molar-refractivity contribution in [1.29, 1.82) is 0 Å². The van der Waals surface area contributed by atoms with Gasteiger partial charge in [-0.3, -0.25) is 14.9 Å². The number of benzene rings is 1. The number of nitro benzene ring substituents is 1. The summed E-state index contributed by atoms with van der Waals surface area (Å²) in [4.78, 5) is 22.0. The van der Waals surface area contributed by atoms with E-state index >= 15 is 0 Å². The normalized spacial score (nSPS) is 15.1. The van der Waals surface area contributed by atoms with Crippen molar-refractivity contribution in [2.75, 3.05) is 6.54 Å². The Bertz CT molecular complexity index is 523. The number of carbonyl (C=O) groups excluding carboxylic acids is 1. The maximum atomic E-state index is 11.9. The number of nitrogens with one attached hydrogen (secondary N) is 1. The molecule has 1 aliphatic rings. The first-order chi connectivity index (χ1) is 8.99. The first-order valence-electron chi connectivity index (χ1n) is 5.96. The van der Waals surface area contributed by atoms with E-state index in [-0.39, 0.29) is 30.0 Å². The highest BCUT2D eigenvalue weighted by molar-refractivity contribution is 9.10. The summed E-state index contributed by atoms with van der Waals surface area (Å²) in [5.74, 6) is 0.235. The molecule has 1 amide bonds. The number of nitrogens with two attached hydrogens (primary N) is 1. The van der Waals surface area contributed by atoms with Crippen LogP contribution in [0.2, 0.25) is 0 Å². The number of hydrogen-bond acceptors (Lipinski definition) is 4. The summed E-state index contributed by atoms with van der Waals surface area (Å²) in [6.07, 6.45) is 2.25. The SMILES string of the molecule is Cl.NC(CNC(=O)c1ccc([N+](=O)[O-])cc1Br)C1CC1. The molecule has 0 saturated heterocycles. The average molecular weight is 365 g/mol. The van der Waals surface area contributed by atoms with Crippen molar-refractivity contribution >= 4 is 39.9 Å². The van der Waals surface area contributed by atoms with Crippen LogP contribution in [0.1, 0.15) is 23.2 Å². The van der Waals surface area contributed by atoms with Gasteiger partial charge in [0.05, 0.1) is 10.5 Å². The summed E-state index contributed by atoms with van der Waals surface area (Å²) in [7, 11) is 0. The van der Waals surface area contributed by atoms with Gasteiger partial charge in [0.1, 0.15) is 0 Å². The van der Waals surface area contributed by atoms with E-state index in [1.165, 1.54) is 18.2 Å². The Kier molecular flexibility index (Phi) is 5.91. The number of nitrogens with zero attached hydrogens (tertiary/aromatic N) is 1. The molecule has 0 radical (unpaired) electrons. The van der Waals surface area contributed by atoms with E-state index < -0.39 is 4.92 Å². The third-order valence-electron chi connectivity index (χ3n) is 3.13. The van der Waals surface area contributed by atoms with Gasteiger partial charge >= 0.3 is 0 Å². The van der Waals surface area contributed by atoms with E-state index in [9.17, 15) is 14.9 Å². The minimum absolute atomic E-state index is 0. The minimum atomic E-state index is -0.505. The molecule has 0 aromatic heterocycles.